The summed E-state index contributed by atoms with van der Waals surface area (Å²) in [6, 6.07) is 14.5. The summed E-state index contributed by atoms with van der Waals surface area (Å²) < 4.78 is 0. The van der Waals surface area contributed by atoms with Crippen LogP contribution in [0.3, 0.4) is 0 Å². The van der Waals surface area contributed by atoms with Crippen molar-refractivity contribution in [3.8, 4) is 0 Å². The lowest BCUT2D eigenvalue weighted by Gasteiger charge is -2.13. The molecule has 0 bridgehead atoms. The predicted molar refractivity (Wildman–Crippen MR) is 119 cm³/mol. The molecule has 0 spiro atoms. The highest BCUT2D eigenvalue weighted by Crippen LogP contribution is 2.27. The lowest BCUT2D eigenvalue weighted by atomic mass is 10.2. The zero-order chi connectivity index (χ0) is 21.2. The monoisotopic (exact) mass is 413 g/mol. The number of carbonyl (C=O) groups is 3. The first-order valence-electron chi connectivity index (χ1n) is 9.62. The molecule has 2 rings (SSSR count). The summed E-state index contributed by atoms with van der Waals surface area (Å²) >= 11 is 1.42. The molecule has 29 heavy (non-hydrogen) atoms. The fraction of sp³-hybridized carbons (Fsp3) is 0.318. The Balaban J connectivity index is 1.91. The second kappa shape index (κ2) is 11.3. The molecule has 0 fully saturated rings. The van der Waals surface area contributed by atoms with E-state index in [1.165, 1.54) is 18.7 Å². The molecule has 0 aliphatic heterocycles. The molecule has 0 aliphatic carbocycles. The van der Waals surface area contributed by atoms with Crippen LogP contribution in [0.15, 0.2) is 53.4 Å². The molecule has 1 unspecified atom stereocenters. The van der Waals surface area contributed by atoms with Crippen LogP contribution in [0.4, 0.5) is 17.1 Å². The fourth-order valence-corrected chi connectivity index (χ4v) is 3.48. The highest BCUT2D eigenvalue weighted by Gasteiger charge is 2.15. The number of benzene rings is 2. The van der Waals surface area contributed by atoms with E-state index in [1.807, 2.05) is 38.1 Å². The highest BCUT2D eigenvalue weighted by molar-refractivity contribution is 8.00. The summed E-state index contributed by atoms with van der Waals surface area (Å²) in [5.41, 5.74) is 2.07. The molecule has 0 aliphatic rings. The van der Waals surface area contributed by atoms with Crippen molar-refractivity contribution in [3.63, 3.8) is 0 Å². The zero-order valence-electron chi connectivity index (χ0n) is 17.0. The Morgan fingerprint density at radius 2 is 1.59 bits per heavy atom. The third-order valence-corrected chi connectivity index (χ3v) is 5.12. The van der Waals surface area contributed by atoms with E-state index >= 15 is 0 Å². The van der Waals surface area contributed by atoms with E-state index in [0.717, 1.165) is 23.4 Å². The fourth-order valence-electron chi connectivity index (χ4n) is 2.55. The molecule has 3 amide bonds. The van der Waals surface area contributed by atoms with Gasteiger partial charge in [-0.2, -0.15) is 0 Å². The number of anilines is 3. The number of nitrogens with one attached hydrogen (secondary N) is 3. The Hall–Kier alpha value is -2.80. The molecular weight excluding hydrogens is 386 g/mol. The van der Waals surface area contributed by atoms with Gasteiger partial charge in [0.15, 0.2) is 0 Å². The Bertz CT molecular complexity index is 853. The topological polar surface area (TPSA) is 87.3 Å². The average molecular weight is 414 g/mol. The van der Waals surface area contributed by atoms with Gasteiger partial charge in [0.25, 0.3) is 0 Å². The van der Waals surface area contributed by atoms with Crippen LogP contribution < -0.4 is 16.0 Å². The number of rotatable bonds is 9. The van der Waals surface area contributed by atoms with Crippen LogP contribution in [0.25, 0.3) is 0 Å². The molecule has 6 nitrogen and oxygen atoms in total. The van der Waals surface area contributed by atoms with Crippen molar-refractivity contribution in [1.82, 2.24) is 0 Å². The minimum atomic E-state index is -0.323. The van der Waals surface area contributed by atoms with Crippen molar-refractivity contribution < 1.29 is 14.4 Å². The Kier molecular flexibility index (Phi) is 8.73. The first kappa shape index (κ1) is 22.5. The minimum Gasteiger partial charge on any atom is -0.326 e. The standard InChI is InChI=1S/C22H27N3O3S/c1-4-5-9-21(27)24-19-7-6-8-20(14-19)29-15(2)22(28)25-18-12-10-17(11-13-18)23-16(3)26/h6-8,10-15H,4-5,9H2,1-3H3,(H,23,26)(H,24,27)(H,25,28). The van der Waals surface area contributed by atoms with Crippen molar-refractivity contribution in [2.75, 3.05) is 16.0 Å². The highest BCUT2D eigenvalue weighted by atomic mass is 32.2. The minimum absolute atomic E-state index is 0.00232. The molecule has 7 heteroatoms. The van der Waals surface area contributed by atoms with Gasteiger partial charge >= 0.3 is 0 Å². The number of hydrogen-bond acceptors (Lipinski definition) is 4. The van der Waals surface area contributed by atoms with Crippen LogP contribution in [-0.4, -0.2) is 23.0 Å². The normalized spacial score (nSPS) is 11.4. The van der Waals surface area contributed by atoms with Gasteiger partial charge in [-0.05, 0) is 55.8 Å². The number of unbranched alkanes of at least 4 members (excludes halogenated alkanes) is 1. The third-order valence-electron chi connectivity index (χ3n) is 4.03. The van der Waals surface area contributed by atoms with Crippen molar-refractivity contribution in [2.24, 2.45) is 0 Å². The molecule has 154 valence electrons. The third kappa shape index (κ3) is 7.99. The molecular formula is C22H27N3O3S. The molecule has 1 atom stereocenters. The maximum atomic E-state index is 12.5. The molecule has 0 saturated heterocycles. The zero-order valence-corrected chi connectivity index (χ0v) is 17.8. The summed E-state index contributed by atoms with van der Waals surface area (Å²) in [6.45, 7) is 5.33. The van der Waals surface area contributed by atoms with Gasteiger partial charge in [-0.1, -0.05) is 19.4 Å². The molecule has 3 N–H and O–H groups in total. The number of carbonyl (C=O) groups excluding carboxylic acids is 3. The maximum Gasteiger partial charge on any atom is 0.237 e. The van der Waals surface area contributed by atoms with Crippen LogP contribution in [0.2, 0.25) is 0 Å². The SMILES string of the molecule is CCCCC(=O)Nc1cccc(SC(C)C(=O)Nc2ccc(NC(C)=O)cc2)c1. The van der Waals surface area contributed by atoms with Crippen molar-refractivity contribution >= 4 is 46.5 Å². The number of thioether (sulfide) groups is 1. The van der Waals surface area contributed by atoms with E-state index in [2.05, 4.69) is 16.0 Å². The van der Waals surface area contributed by atoms with Gasteiger partial charge in [0.2, 0.25) is 17.7 Å². The van der Waals surface area contributed by atoms with Crippen molar-refractivity contribution in [2.45, 2.75) is 50.2 Å². The first-order valence-corrected chi connectivity index (χ1v) is 10.5. The summed E-state index contributed by atoms with van der Waals surface area (Å²) in [7, 11) is 0. The summed E-state index contributed by atoms with van der Waals surface area (Å²) in [5.74, 6) is -0.266. The van der Waals surface area contributed by atoms with Crippen LogP contribution in [0, 0.1) is 0 Å². The van der Waals surface area contributed by atoms with Crippen LogP contribution in [0.1, 0.15) is 40.0 Å². The Labute approximate surface area is 175 Å². The van der Waals surface area contributed by atoms with Gasteiger partial charge in [0.05, 0.1) is 5.25 Å². The number of amides is 3. The van der Waals surface area contributed by atoms with E-state index < -0.39 is 0 Å². The number of hydrogen-bond donors (Lipinski definition) is 3. The Morgan fingerprint density at radius 3 is 2.21 bits per heavy atom. The van der Waals surface area contributed by atoms with Crippen LogP contribution in [-0.2, 0) is 14.4 Å². The largest absolute Gasteiger partial charge is 0.326 e. The van der Waals surface area contributed by atoms with Gasteiger partial charge in [0, 0.05) is 35.3 Å². The lowest BCUT2D eigenvalue weighted by Crippen LogP contribution is -2.22. The van der Waals surface area contributed by atoms with Crippen molar-refractivity contribution in [1.29, 1.82) is 0 Å². The van der Waals surface area contributed by atoms with Crippen LogP contribution >= 0.6 is 11.8 Å². The molecule has 0 radical (unpaired) electrons. The quantitative estimate of drug-likeness (QED) is 0.511. The van der Waals surface area contributed by atoms with E-state index in [-0.39, 0.29) is 23.0 Å². The van der Waals surface area contributed by atoms with Gasteiger partial charge in [-0.25, -0.2) is 0 Å². The van der Waals surface area contributed by atoms with Gasteiger partial charge in [-0.3, -0.25) is 14.4 Å². The molecule has 0 aromatic heterocycles. The van der Waals surface area contributed by atoms with Gasteiger partial charge in [-0.15, -0.1) is 11.8 Å². The molecule has 0 heterocycles. The first-order chi connectivity index (χ1) is 13.9. The predicted octanol–water partition coefficient (Wildman–Crippen LogP) is 4.89. The lowest BCUT2D eigenvalue weighted by molar-refractivity contribution is -0.116. The smallest absolute Gasteiger partial charge is 0.237 e. The van der Waals surface area contributed by atoms with E-state index in [9.17, 15) is 14.4 Å². The molecule has 2 aromatic carbocycles. The summed E-state index contributed by atoms with van der Waals surface area (Å²) in [6.07, 6.45) is 2.35. The van der Waals surface area contributed by atoms with Gasteiger partial charge < -0.3 is 16.0 Å². The molecule has 2 aromatic rings. The van der Waals surface area contributed by atoms with Gasteiger partial charge in [0.1, 0.15) is 0 Å². The van der Waals surface area contributed by atoms with Crippen molar-refractivity contribution in [3.05, 3.63) is 48.5 Å². The average Bonchev–Trinajstić information content (AvgIpc) is 2.67. The summed E-state index contributed by atoms with van der Waals surface area (Å²) in [4.78, 5) is 36.3. The maximum absolute atomic E-state index is 12.5. The van der Waals surface area contributed by atoms with E-state index in [0.29, 0.717) is 17.8 Å². The van der Waals surface area contributed by atoms with E-state index in [4.69, 9.17) is 0 Å². The Morgan fingerprint density at radius 1 is 0.931 bits per heavy atom. The van der Waals surface area contributed by atoms with E-state index in [1.54, 1.807) is 24.3 Å². The summed E-state index contributed by atoms with van der Waals surface area (Å²) in [5, 5.41) is 8.13. The molecule has 0 saturated carbocycles. The van der Waals surface area contributed by atoms with Crippen LogP contribution in [0.5, 0.6) is 0 Å². The second-order valence-corrected chi connectivity index (χ2v) is 8.10. The second-order valence-electron chi connectivity index (χ2n) is 6.69.